The third kappa shape index (κ3) is 6.14. The van der Waals surface area contributed by atoms with Gasteiger partial charge in [-0.15, -0.1) is 0 Å². The van der Waals surface area contributed by atoms with Crippen LogP contribution in [0.2, 0.25) is 0 Å². The molecule has 0 aromatic heterocycles. The van der Waals surface area contributed by atoms with Crippen LogP contribution in [0.3, 0.4) is 0 Å². The molecular formula is C26H39F2N5O4. The molecule has 9 nitrogen and oxygen atoms in total. The van der Waals surface area contributed by atoms with Crippen molar-refractivity contribution in [2.24, 2.45) is 11.3 Å². The molecule has 0 radical (unpaired) electrons. The number of nitrogens with zero attached hydrogens (tertiary/aromatic N) is 3. The van der Waals surface area contributed by atoms with Gasteiger partial charge in [-0.25, -0.2) is 13.6 Å². The number of likely N-dealkylation sites (tertiary alicyclic amines) is 2. The maximum absolute atomic E-state index is 13.9. The molecule has 3 rings (SSSR count). The highest BCUT2D eigenvalue weighted by atomic mass is 19.2. The van der Waals surface area contributed by atoms with Crippen LogP contribution in [0.15, 0.2) is 18.2 Å². The van der Waals surface area contributed by atoms with Crippen LogP contribution in [0.5, 0.6) is 5.75 Å². The van der Waals surface area contributed by atoms with Crippen molar-refractivity contribution in [1.82, 2.24) is 25.3 Å². The number of carbonyl (C=O) groups excluding carboxylic acids is 3. The molecule has 37 heavy (non-hydrogen) atoms. The van der Waals surface area contributed by atoms with Gasteiger partial charge in [0.15, 0.2) is 11.6 Å². The van der Waals surface area contributed by atoms with Crippen molar-refractivity contribution in [2.45, 2.75) is 58.3 Å². The molecule has 11 heteroatoms. The summed E-state index contributed by atoms with van der Waals surface area (Å²) in [4.78, 5) is 44.6. The predicted octanol–water partition coefficient (Wildman–Crippen LogP) is 2.07. The molecule has 2 fully saturated rings. The number of fused-ring (bicyclic) bond motifs is 1. The van der Waals surface area contributed by atoms with Gasteiger partial charge in [0.05, 0.1) is 24.7 Å². The number of amides is 4. The third-order valence-corrected chi connectivity index (χ3v) is 7.23. The average Bonchev–Trinajstić information content (AvgIpc) is 3.41. The molecule has 2 heterocycles. The lowest BCUT2D eigenvalue weighted by atomic mass is 9.85. The number of likely N-dealkylation sites (N-methyl/N-ethyl adjacent to an activating group) is 1. The summed E-state index contributed by atoms with van der Waals surface area (Å²) in [7, 11) is 5.03. The number of hydrogen-bond acceptors (Lipinski definition) is 5. The van der Waals surface area contributed by atoms with E-state index in [1.807, 2.05) is 20.8 Å². The molecule has 4 amide bonds. The van der Waals surface area contributed by atoms with E-state index < -0.39 is 29.1 Å². The SMILES string of the molecule is CN[C@@H](C)C(=O)N[C@H](C(=O)N1CCC2[C@H]1[C@@H](COc1ccc(F)c(F)c1)CN2C(=O)N(C)C)C(C)(C)C. The maximum atomic E-state index is 13.9. The van der Waals surface area contributed by atoms with E-state index in [1.165, 1.54) is 11.0 Å². The molecule has 206 valence electrons. The highest BCUT2D eigenvalue weighted by Gasteiger charge is 2.53. The Bertz CT molecular complexity index is 1020. The van der Waals surface area contributed by atoms with Gasteiger partial charge in [0.1, 0.15) is 11.8 Å². The van der Waals surface area contributed by atoms with Gasteiger partial charge in [-0.1, -0.05) is 20.8 Å². The van der Waals surface area contributed by atoms with E-state index in [-0.39, 0.29) is 48.2 Å². The van der Waals surface area contributed by atoms with Crippen molar-refractivity contribution in [3.63, 3.8) is 0 Å². The van der Waals surface area contributed by atoms with E-state index in [9.17, 15) is 23.2 Å². The van der Waals surface area contributed by atoms with Gasteiger partial charge in [-0.3, -0.25) is 9.59 Å². The van der Waals surface area contributed by atoms with Crippen molar-refractivity contribution < 1.29 is 27.9 Å². The van der Waals surface area contributed by atoms with E-state index in [1.54, 1.807) is 37.9 Å². The number of carbonyl (C=O) groups is 3. The maximum Gasteiger partial charge on any atom is 0.319 e. The van der Waals surface area contributed by atoms with E-state index >= 15 is 0 Å². The number of rotatable bonds is 7. The largest absolute Gasteiger partial charge is 0.493 e. The van der Waals surface area contributed by atoms with Gasteiger partial charge < -0.3 is 30.1 Å². The van der Waals surface area contributed by atoms with E-state index in [0.717, 1.165) is 12.1 Å². The first-order valence-electron chi connectivity index (χ1n) is 12.6. The minimum atomic E-state index is -1.01. The monoisotopic (exact) mass is 523 g/mol. The Morgan fingerprint density at radius 2 is 1.84 bits per heavy atom. The van der Waals surface area contributed by atoms with E-state index in [4.69, 9.17) is 4.74 Å². The van der Waals surface area contributed by atoms with Crippen molar-refractivity contribution in [1.29, 1.82) is 0 Å². The second kappa shape index (κ2) is 11.2. The van der Waals surface area contributed by atoms with Crippen molar-refractivity contribution in [2.75, 3.05) is 40.8 Å². The predicted molar refractivity (Wildman–Crippen MR) is 135 cm³/mol. The number of halogens is 2. The summed E-state index contributed by atoms with van der Waals surface area (Å²) in [6, 6.07) is 1.35. The zero-order valence-electron chi connectivity index (χ0n) is 22.7. The van der Waals surface area contributed by atoms with Gasteiger partial charge in [0.25, 0.3) is 0 Å². The highest BCUT2D eigenvalue weighted by molar-refractivity contribution is 5.90. The molecule has 2 aliphatic rings. The van der Waals surface area contributed by atoms with Crippen LogP contribution in [0, 0.1) is 23.0 Å². The fourth-order valence-electron chi connectivity index (χ4n) is 5.07. The number of urea groups is 1. The van der Waals surface area contributed by atoms with Crippen LogP contribution < -0.4 is 15.4 Å². The van der Waals surface area contributed by atoms with Crippen LogP contribution in [-0.2, 0) is 9.59 Å². The van der Waals surface area contributed by atoms with Crippen LogP contribution in [0.25, 0.3) is 0 Å². The minimum absolute atomic E-state index is 0.108. The zero-order valence-corrected chi connectivity index (χ0v) is 22.7. The Morgan fingerprint density at radius 1 is 1.16 bits per heavy atom. The molecule has 5 atom stereocenters. The molecule has 1 aromatic carbocycles. The smallest absolute Gasteiger partial charge is 0.319 e. The number of benzene rings is 1. The molecule has 2 saturated heterocycles. The Morgan fingerprint density at radius 3 is 2.41 bits per heavy atom. The summed E-state index contributed by atoms with van der Waals surface area (Å²) >= 11 is 0. The van der Waals surface area contributed by atoms with Crippen molar-refractivity contribution in [3.05, 3.63) is 29.8 Å². The standard InChI is InChI=1S/C26H39F2N5O4/c1-15(29-5)23(34)30-22(26(2,3)4)24(35)32-11-10-20-21(32)16(13-33(20)25(36)31(6)7)14-37-17-8-9-18(27)19(28)12-17/h8-9,12,15-16,20-22,29H,10-11,13-14H2,1-7H3,(H,30,34)/t15-,16+,20?,21+,22+/m0/s1. The van der Waals surface area contributed by atoms with E-state index in [0.29, 0.717) is 19.5 Å². The van der Waals surface area contributed by atoms with Gasteiger partial charge in [-0.2, -0.15) is 0 Å². The lowest BCUT2D eigenvalue weighted by molar-refractivity contribution is -0.141. The summed E-state index contributed by atoms with van der Waals surface area (Å²) in [5.41, 5.74) is -0.562. The van der Waals surface area contributed by atoms with Gasteiger partial charge in [0.2, 0.25) is 11.8 Å². The number of ether oxygens (including phenoxy) is 1. The van der Waals surface area contributed by atoms with Gasteiger partial charge >= 0.3 is 6.03 Å². The molecular weight excluding hydrogens is 484 g/mol. The molecule has 2 N–H and O–H groups in total. The van der Waals surface area contributed by atoms with E-state index in [2.05, 4.69) is 10.6 Å². The Labute approximate surface area is 217 Å². The van der Waals surface area contributed by atoms with Crippen LogP contribution in [0.4, 0.5) is 13.6 Å². The highest BCUT2D eigenvalue weighted by Crippen LogP contribution is 2.38. The summed E-state index contributed by atoms with van der Waals surface area (Å²) in [6.45, 7) is 8.30. The minimum Gasteiger partial charge on any atom is -0.493 e. The Kier molecular flexibility index (Phi) is 8.66. The van der Waals surface area contributed by atoms with Crippen LogP contribution >= 0.6 is 0 Å². The summed E-state index contributed by atoms with van der Waals surface area (Å²) in [5.74, 6) is -2.56. The first-order chi connectivity index (χ1) is 17.3. The lowest BCUT2D eigenvalue weighted by Crippen LogP contribution is -2.59. The summed E-state index contributed by atoms with van der Waals surface area (Å²) < 4.78 is 32.9. The topological polar surface area (TPSA) is 94.2 Å². The summed E-state index contributed by atoms with van der Waals surface area (Å²) in [6.07, 6.45) is 0.593. The second-order valence-electron chi connectivity index (χ2n) is 11.2. The second-order valence-corrected chi connectivity index (χ2v) is 11.2. The molecule has 0 saturated carbocycles. The number of nitrogens with one attached hydrogen (secondary N) is 2. The molecule has 0 bridgehead atoms. The van der Waals surface area contributed by atoms with Crippen LogP contribution in [0.1, 0.15) is 34.1 Å². The Balaban J connectivity index is 1.87. The lowest BCUT2D eigenvalue weighted by Gasteiger charge is -2.37. The fourth-order valence-corrected chi connectivity index (χ4v) is 5.07. The quantitative estimate of drug-likeness (QED) is 0.571. The molecule has 1 unspecified atom stereocenters. The normalized spacial score (nSPS) is 22.9. The molecule has 1 aromatic rings. The zero-order chi connectivity index (χ0) is 27.7. The average molecular weight is 524 g/mol. The molecule has 0 aliphatic carbocycles. The van der Waals surface area contributed by atoms with Crippen molar-refractivity contribution in [3.8, 4) is 5.75 Å². The molecule has 0 spiro atoms. The first kappa shape index (κ1) is 28.6. The third-order valence-electron chi connectivity index (χ3n) is 7.23. The Hall–Kier alpha value is -2.95. The van der Waals surface area contributed by atoms with Crippen molar-refractivity contribution >= 4 is 17.8 Å². The first-order valence-corrected chi connectivity index (χ1v) is 12.6. The van der Waals surface area contributed by atoms with Gasteiger partial charge in [-0.05, 0) is 37.9 Å². The number of hydrogen-bond donors (Lipinski definition) is 2. The molecule has 2 aliphatic heterocycles. The van der Waals surface area contributed by atoms with Crippen LogP contribution in [-0.4, -0.2) is 97.6 Å². The fraction of sp³-hybridized carbons (Fsp3) is 0.654. The van der Waals surface area contributed by atoms with Gasteiger partial charge in [0, 0.05) is 39.2 Å². The summed E-state index contributed by atoms with van der Waals surface area (Å²) in [5, 5.41) is 5.80.